The van der Waals surface area contributed by atoms with Gasteiger partial charge in [-0.1, -0.05) is 25.9 Å². The molecule has 0 bridgehead atoms. The summed E-state index contributed by atoms with van der Waals surface area (Å²) in [5, 5.41) is 12.7. The number of hydrogen-bond donors (Lipinski definition) is 1. The Hall–Kier alpha value is -0.180. The second-order valence-corrected chi connectivity index (χ2v) is 6.19. The van der Waals surface area contributed by atoms with Crippen LogP contribution in [0.2, 0.25) is 0 Å². The molecule has 2 atom stereocenters. The lowest BCUT2D eigenvalue weighted by atomic mass is 9.72. The minimum Gasteiger partial charge on any atom is -0.411 e. The highest BCUT2D eigenvalue weighted by molar-refractivity contribution is 7.99. The monoisotopic (exact) mass is 215 g/mol. The summed E-state index contributed by atoms with van der Waals surface area (Å²) in [6.45, 7) is 6.91. The van der Waals surface area contributed by atoms with Gasteiger partial charge in [-0.25, -0.2) is 0 Å². The van der Waals surface area contributed by atoms with Crippen molar-refractivity contribution in [3.8, 4) is 0 Å². The first-order chi connectivity index (χ1) is 6.49. The molecule has 0 heterocycles. The molecule has 14 heavy (non-hydrogen) atoms. The molecule has 1 fully saturated rings. The van der Waals surface area contributed by atoms with Crippen LogP contribution in [0.1, 0.15) is 40.0 Å². The zero-order chi connectivity index (χ0) is 10.8. The highest BCUT2D eigenvalue weighted by Gasteiger charge is 2.33. The van der Waals surface area contributed by atoms with Crippen LogP contribution in [0.3, 0.4) is 0 Å². The fraction of sp³-hybridized carbons (Fsp3) is 0.909. The zero-order valence-corrected chi connectivity index (χ0v) is 10.4. The van der Waals surface area contributed by atoms with Crippen molar-refractivity contribution < 1.29 is 5.21 Å². The average molecular weight is 215 g/mol. The molecule has 1 N–H and O–H groups in total. The van der Waals surface area contributed by atoms with Crippen molar-refractivity contribution in [3.63, 3.8) is 0 Å². The van der Waals surface area contributed by atoms with Gasteiger partial charge in [-0.15, -0.1) is 0 Å². The molecule has 82 valence electrons. The van der Waals surface area contributed by atoms with E-state index in [1.807, 2.05) is 11.8 Å². The van der Waals surface area contributed by atoms with Crippen LogP contribution in [-0.4, -0.2) is 22.4 Å². The van der Waals surface area contributed by atoms with Crippen LogP contribution in [0.4, 0.5) is 0 Å². The van der Waals surface area contributed by atoms with Crippen molar-refractivity contribution >= 4 is 17.5 Å². The van der Waals surface area contributed by atoms with E-state index in [1.165, 1.54) is 6.42 Å². The second kappa shape index (κ2) is 4.56. The Bertz CT molecular complexity index is 220. The lowest BCUT2D eigenvalue weighted by Gasteiger charge is -2.37. The van der Waals surface area contributed by atoms with Gasteiger partial charge in [0.25, 0.3) is 0 Å². The molecule has 0 aromatic rings. The first-order valence-electron chi connectivity index (χ1n) is 5.22. The lowest BCUT2D eigenvalue weighted by Crippen LogP contribution is -2.33. The van der Waals surface area contributed by atoms with E-state index in [2.05, 4.69) is 32.2 Å². The number of rotatable bonds is 1. The summed E-state index contributed by atoms with van der Waals surface area (Å²) in [6, 6.07) is 0. The van der Waals surface area contributed by atoms with Crippen molar-refractivity contribution in [2.24, 2.45) is 16.5 Å². The Labute approximate surface area is 91.1 Å². The van der Waals surface area contributed by atoms with E-state index in [9.17, 15) is 0 Å². The van der Waals surface area contributed by atoms with Crippen molar-refractivity contribution in [1.29, 1.82) is 0 Å². The van der Waals surface area contributed by atoms with E-state index in [1.54, 1.807) is 0 Å². The average Bonchev–Trinajstić information content (AvgIpc) is 2.15. The van der Waals surface area contributed by atoms with Gasteiger partial charge in [0.15, 0.2) is 0 Å². The van der Waals surface area contributed by atoms with Gasteiger partial charge < -0.3 is 5.21 Å². The van der Waals surface area contributed by atoms with E-state index in [4.69, 9.17) is 5.21 Å². The zero-order valence-electron chi connectivity index (χ0n) is 9.58. The maximum atomic E-state index is 8.86. The van der Waals surface area contributed by atoms with Crippen molar-refractivity contribution in [2.75, 3.05) is 6.26 Å². The molecule has 1 saturated carbocycles. The smallest absolute Gasteiger partial charge is 0.0700 e. The van der Waals surface area contributed by atoms with Crippen LogP contribution in [0.25, 0.3) is 0 Å². The first kappa shape index (κ1) is 11.9. The maximum absolute atomic E-state index is 8.86. The molecule has 2 nitrogen and oxygen atoms in total. The largest absolute Gasteiger partial charge is 0.411 e. The highest BCUT2D eigenvalue weighted by atomic mass is 32.2. The third kappa shape index (κ3) is 2.66. The van der Waals surface area contributed by atoms with Crippen LogP contribution in [-0.2, 0) is 0 Å². The topological polar surface area (TPSA) is 32.6 Å². The van der Waals surface area contributed by atoms with E-state index in [-0.39, 0.29) is 0 Å². The summed E-state index contributed by atoms with van der Waals surface area (Å²) in [4.78, 5) is 0. The van der Waals surface area contributed by atoms with Gasteiger partial charge in [0.2, 0.25) is 0 Å². The SMILES string of the molecule is CS[C@@H]1C[C@@H](C(C)(C)C)CC/C1=N\O. The molecule has 3 heteroatoms. The quantitative estimate of drug-likeness (QED) is 0.537. The van der Waals surface area contributed by atoms with E-state index in [0.29, 0.717) is 10.7 Å². The third-order valence-corrected chi connectivity index (χ3v) is 4.29. The molecular weight excluding hydrogens is 194 g/mol. The molecule has 0 radical (unpaired) electrons. The summed E-state index contributed by atoms with van der Waals surface area (Å²) < 4.78 is 0. The van der Waals surface area contributed by atoms with Gasteiger partial charge in [-0.2, -0.15) is 11.8 Å². The minimum absolute atomic E-state index is 0.384. The lowest BCUT2D eigenvalue weighted by molar-refractivity contribution is 0.207. The molecule has 0 aliphatic heterocycles. The molecule has 1 rings (SSSR count). The first-order valence-corrected chi connectivity index (χ1v) is 6.51. The molecular formula is C11H21NOS. The third-order valence-electron chi connectivity index (χ3n) is 3.26. The standard InChI is InChI=1S/C11H21NOS/c1-11(2,3)8-5-6-9(12-13)10(7-8)14-4/h8,10,13H,5-7H2,1-4H3/b12-9+/t8-,10+/m0/s1. The highest BCUT2D eigenvalue weighted by Crippen LogP contribution is 2.39. The Morgan fingerprint density at radius 2 is 2.07 bits per heavy atom. The van der Waals surface area contributed by atoms with Gasteiger partial charge in [-0.05, 0) is 36.9 Å². The molecule has 0 saturated heterocycles. The second-order valence-electron chi connectivity index (χ2n) is 5.15. The molecule has 0 aromatic carbocycles. The molecule has 0 aromatic heterocycles. The molecule has 1 aliphatic carbocycles. The number of thioether (sulfide) groups is 1. The van der Waals surface area contributed by atoms with Gasteiger partial charge in [0.05, 0.1) is 5.71 Å². The predicted octanol–water partition coefficient (Wildman–Crippen LogP) is 3.39. The Kier molecular flexibility index (Phi) is 3.87. The van der Waals surface area contributed by atoms with Gasteiger partial charge in [-0.3, -0.25) is 0 Å². The van der Waals surface area contributed by atoms with Gasteiger partial charge >= 0.3 is 0 Å². The summed E-state index contributed by atoms with van der Waals surface area (Å²) in [5.74, 6) is 0.755. The van der Waals surface area contributed by atoms with E-state index < -0.39 is 0 Å². The van der Waals surface area contributed by atoms with Crippen LogP contribution < -0.4 is 0 Å². The van der Waals surface area contributed by atoms with Crippen LogP contribution >= 0.6 is 11.8 Å². The normalized spacial score (nSPS) is 32.1. The summed E-state index contributed by atoms with van der Waals surface area (Å²) in [6.07, 6.45) is 5.38. The number of hydrogen-bond acceptors (Lipinski definition) is 3. The number of oxime groups is 1. The van der Waals surface area contributed by atoms with Crippen LogP contribution in [0.15, 0.2) is 5.16 Å². The van der Waals surface area contributed by atoms with Crippen LogP contribution in [0.5, 0.6) is 0 Å². The van der Waals surface area contributed by atoms with Crippen molar-refractivity contribution in [1.82, 2.24) is 0 Å². The summed E-state index contributed by atoms with van der Waals surface area (Å²) in [7, 11) is 0. The van der Waals surface area contributed by atoms with Gasteiger partial charge in [0.1, 0.15) is 0 Å². The fourth-order valence-corrected chi connectivity index (χ4v) is 2.99. The van der Waals surface area contributed by atoms with Crippen LogP contribution in [0, 0.1) is 11.3 Å². The van der Waals surface area contributed by atoms with E-state index in [0.717, 1.165) is 24.5 Å². The summed E-state index contributed by atoms with van der Waals surface area (Å²) >= 11 is 1.81. The Morgan fingerprint density at radius 1 is 1.43 bits per heavy atom. The van der Waals surface area contributed by atoms with Crippen molar-refractivity contribution in [2.45, 2.75) is 45.3 Å². The fourth-order valence-electron chi connectivity index (χ4n) is 2.13. The summed E-state index contributed by atoms with van der Waals surface area (Å²) in [5.41, 5.74) is 1.37. The van der Waals surface area contributed by atoms with E-state index >= 15 is 0 Å². The Morgan fingerprint density at radius 3 is 2.50 bits per heavy atom. The predicted molar refractivity (Wildman–Crippen MR) is 63.3 cm³/mol. The van der Waals surface area contributed by atoms with Gasteiger partial charge in [0, 0.05) is 5.25 Å². The molecule has 0 amide bonds. The molecule has 1 aliphatic rings. The van der Waals surface area contributed by atoms with Crippen molar-refractivity contribution in [3.05, 3.63) is 0 Å². The molecule has 0 spiro atoms. The maximum Gasteiger partial charge on any atom is 0.0700 e. The minimum atomic E-state index is 0.384. The number of nitrogens with zero attached hydrogens (tertiary/aromatic N) is 1. The Balaban J connectivity index is 2.66. The molecule has 0 unspecified atom stereocenters.